The number of fused-ring (bicyclic) bond motifs is 2. The van der Waals surface area contributed by atoms with Crippen molar-refractivity contribution in [2.75, 3.05) is 6.54 Å². The first kappa shape index (κ1) is 16.3. The number of aromatic nitrogens is 4. The number of rotatable bonds is 5. The van der Waals surface area contributed by atoms with E-state index in [-0.39, 0.29) is 6.04 Å². The molecule has 5 rings (SSSR count). The number of aromatic amines is 1. The number of para-hydroxylation sites is 1. The van der Waals surface area contributed by atoms with Crippen molar-refractivity contribution in [1.82, 2.24) is 25.1 Å². The largest absolute Gasteiger partial charge is 0.301 e. The maximum absolute atomic E-state index is 11.9. The lowest BCUT2D eigenvalue weighted by molar-refractivity contribution is -0.112. The van der Waals surface area contributed by atoms with E-state index in [4.69, 9.17) is 4.98 Å². The van der Waals surface area contributed by atoms with Crippen LogP contribution in [0.4, 0.5) is 0 Å². The summed E-state index contributed by atoms with van der Waals surface area (Å²) >= 11 is 1.72. The Morgan fingerprint density at radius 2 is 2.15 bits per heavy atom. The Morgan fingerprint density at radius 3 is 2.96 bits per heavy atom. The zero-order chi connectivity index (χ0) is 18.2. The van der Waals surface area contributed by atoms with Gasteiger partial charge in [0.1, 0.15) is 6.29 Å². The van der Waals surface area contributed by atoms with Gasteiger partial charge in [-0.1, -0.05) is 12.1 Å². The summed E-state index contributed by atoms with van der Waals surface area (Å²) in [6, 6.07) is 11.7. The Hall–Kier alpha value is -2.90. The molecule has 6 nitrogen and oxygen atoms in total. The number of hydrogen-bond acceptors (Lipinski definition) is 6. The second-order valence-corrected chi connectivity index (χ2v) is 7.68. The number of carbonyl (C=O) groups excluding carboxylic acids is 1. The predicted octanol–water partition coefficient (Wildman–Crippen LogP) is 3.38. The van der Waals surface area contributed by atoms with Gasteiger partial charge in [-0.2, -0.15) is 5.10 Å². The molecule has 0 spiro atoms. The number of H-pyrrole nitrogens is 1. The first-order valence-corrected chi connectivity index (χ1v) is 9.66. The quantitative estimate of drug-likeness (QED) is 0.541. The average Bonchev–Trinajstić information content (AvgIpc) is 3.43. The molecule has 4 aromatic rings. The van der Waals surface area contributed by atoms with Crippen molar-refractivity contribution in [2.24, 2.45) is 0 Å². The molecule has 3 aromatic heterocycles. The van der Waals surface area contributed by atoms with Crippen LogP contribution in [0.3, 0.4) is 0 Å². The van der Waals surface area contributed by atoms with E-state index < -0.39 is 0 Å². The zero-order valence-corrected chi connectivity index (χ0v) is 15.3. The molecule has 4 heterocycles. The number of nitrogens with zero attached hydrogens (tertiary/aromatic N) is 4. The first-order valence-electron chi connectivity index (χ1n) is 8.85. The number of pyridine rings is 1. The summed E-state index contributed by atoms with van der Waals surface area (Å²) < 4.78 is 1.20. The van der Waals surface area contributed by atoms with Crippen molar-refractivity contribution in [3.8, 4) is 11.3 Å². The van der Waals surface area contributed by atoms with E-state index in [1.165, 1.54) is 4.70 Å². The summed E-state index contributed by atoms with van der Waals surface area (Å²) in [7, 11) is 0. The van der Waals surface area contributed by atoms with Crippen LogP contribution in [-0.2, 0) is 17.8 Å². The Balaban J connectivity index is 1.41. The van der Waals surface area contributed by atoms with Crippen LogP contribution >= 0.6 is 11.3 Å². The van der Waals surface area contributed by atoms with Crippen LogP contribution in [0.15, 0.2) is 48.8 Å². The van der Waals surface area contributed by atoms with Gasteiger partial charge in [-0.3, -0.25) is 15.0 Å². The smallest absolute Gasteiger partial charge is 0.141 e. The molecule has 27 heavy (non-hydrogen) atoms. The molecule has 1 atom stereocenters. The third kappa shape index (κ3) is 2.85. The van der Waals surface area contributed by atoms with Gasteiger partial charge in [-0.05, 0) is 24.3 Å². The predicted molar refractivity (Wildman–Crippen MR) is 104 cm³/mol. The lowest BCUT2D eigenvalue weighted by atomic mass is 10.0. The van der Waals surface area contributed by atoms with Gasteiger partial charge in [0.25, 0.3) is 0 Å². The summed E-state index contributed by atoms with van der Waals surface area (Å²) in [6.07, 6.45) is 5.36. The van der Waals surface area contributed by atoms with Gasteiger partial charge in [-0.15, -0.1) is 11.3 Å². The third-order valence-electron chi connectivity index (χ3n) is 4.99. The minimum absolute atomic E-state index is 0.290. The summed E-state index contributed by atoms with van der Waals surface area (Å²) in [5.41, 5.74) is 4.90. The molecule has 1 aliphatic rings. The van der Waals surface area contributed by atoms with Crippen LogP contribution in [0.2, 0.25) is 0 Å². The van der Waals surface area contributed by atoms with Gasteiger partial charge < -0.3 is 4.79 Å². The number of nitrogens with one attached hydrogen (secondary N) is 1. The van der Waals surface area contributed by atoms with E-state index in [2.05, 4.69) is 26.1 Å². The topological polar surface area (TPSA) is 74.8 Å². The van der Waals surface area contributed by atoms with Crippen molar-refractivity contribution in [1.29, 1.82) is 0 Å². The fraction of sp³-hybridized carbons (Fsp3) is 0.200. The summed E-state index contributed by atoms with van der Waals surface area (Å²) in [5, 5.41) is 8.13. The molecular weight excluding hydrogens is 358 g/mol. The van der Waals surface area contributed by atoms with E-state index in [9.17, 15) is 4.79 Å². The Labute approximate surface area is 159 Å². The number of carbonyl (C=O) groups is 1. The van der Waals surface area contributed by atoms with Gasteiger partial charge >= 0.3 is 0 Å². The minimum Gasteiger partial charge on any atom is -0.301 e. The highest BCUT2D eigenvalue weighted by Crippen LogP contribution is 2.37. The van der Waals surface area contributed by atoms with Crippen LogP contribution in [0.1, 0.15) is 22.3 Å². The van der Waals surface area contributed by atoms with Gasteiger partial charge in [0.15, 0.2) is 0 Å². The average molecular weight is 375 g/mol. The second-order valence-electron chi connectivity index (χ2n) is 6.57. The molecule has 0 fully saturated rings. The summed E-state index contributed by atoms with van der Waals surface area (Å²) in [6.45, 7) is 1.44. The van der Waals surface area contributed by atoms with Crippen LogP contribution < -0.4 is 0 Å². The van der Waals surface area contributed by atoms with Crippen molar-refractivity contribution < 1.29 is 4.79 Å². The van der Waals surface area contributed by atoms with E-state index >= 15 is 0 Å². The van der Waals surface area contributed by atoms with Crippen LogP contribution in [-0.4, -0.2) is 37.9 Å². The SMILES string of the molecule is O=CC1c2c(-c3ccn[nH]3)ccnc2CN1CCc1nc2ccccc2s1. The highest BCUT2D eigenvalue weighted by atomic mass is 32.1. The molecule has 134 valence electrons. The minimum atomic E-state index is -0.290. The Morgan fingerprint density at radius 1 is 1.22 bits per heavy atom. The van der Waals surface area contributed by atoms with Gasteiger partial charge in [0.2, 0.25) is 0 Å². The zero-order valence-electron chi connectivity index (χ0n) is 14.5. The maximum Gasteiger partial charge on any atom is 0.141 e. The van der Waals surface area contributed by atoms with Gasteiger partial charge in [0, 0.05) is 43.0 Å². The Kier molecular flexibility index (Phi) is 4.03. The molecule has 0 radical (unpaired) electrons. The van der Waals surface area contributed by atoms with E-state index in [0.717, 1.165) is 52.3 Å². The van der Waals surface area contributed by atoms with Crippen molar-refractivity contribution >= 4 is 27.8 Å². The molecule has 0 saturated carbocycles. The van der Waals surface area contributed by atoms with E-state index in [0.29, 0.717) is 6.54 Å². The molecule has 1 unspecified atom stereocenters. The Bertz CT molecular complexity index is 1070. The monoisotopic (exact) mass is 375 g/mol. The van der Waals surface area contributed by atoms with Gasteiger partial charge in [0.05, 0.1) is 32.7 Å². The number of hydrogen-bond donors (Lipinski definition) is 1. The molecule has 1 aromatic carbocycles. The van der Waals surface area contributed by atoms with E-state index in [1.54, 1.807) is 23.7 Å². The van der Waals surface area contributed by atoms with Crippen molar-refractivity contribution in [2.45, 2.75) is 19.0 Å². The normalized spacial score (nSPS) is 16.7. The molecular formula is C20H17N5OS. The first-order chi connectivity index (χ1) is 13.3. The lowest BCUT2D eigenvalue weighted by Gasteiger charge is -2.20. The highest BCUT2D eigenvalue weighted by molar-refractivity contribution is 7.18. The fourth-order valence-electron chi connectivity index (χ4n) is 3.72. The molecule has 0 saturated heterocycles. The van der Waals surface area contributed by atoms with Crippen LogP contribution in [0, 0.1) is 0 Å². The second kappa shape index (κ2) is 6.68. The van der Waals surface area contributed by atoms with Crippen LogP contribution in [0.25, 0.3) is 21.5 Å². The standard InChI is InChI=1S/C20H17N5OS/c26-12-17-20-13(14-6-9-22-24-14)5-8-21-16(20)11-25(17)10-7-19-23-15-3-1-2-4-18(15)27-19/h1-6,8-9,12,17H,7,10-11H2,(H,22,24). The lowest BCUT2D eigenvalue weighted by Crippen LogP contribution is -2.25. The summed E-state index contributed by atoms with van der Waals surface area (Å²) in [5.74, 6) is 0. The number of aldehydes is 1. The summed E-state index contributed by atoms with van der Waals surface area (Å²) in [4.78, 5) is 23.3. The van der Waals surface area contributed by atoms with Gasteiger partial charge in [-0.25, -0.2) is 4.98 Å². The number of benzene rings is 1. The van der Waals surface area contributed by atoms with E-state index in [1.807, 2.05) is 30.3 Å². The number of thiazole rings is 1. The molecule has 7 heteroatoms. The van der Waals surface area contributed by atoms with Crippen molar-refractivity contribution in [3.63, 3.8) is 0 Å². The molecule has 1 N–H and O–H groups in total. The third-order valence-corrected chi connectivity index (χ3v) is 6.08. The molecule has 1 aliphatic heterocycles. The maximum atomic E-state index is 11.9. The molecule has 0 amide bonds. The highest BCUT2D eigenvalue weighted by Gasteiger charge is 2.33. The molecule has 0 aliphatic carbocycles. The fourth-order valence-corrected chi connectivity index (χ4v) is 4.68. The van der Waals surface area contributed by atoms with Crippen LogP contribution in [0.5, 0.6) is 0 Å². The van der Waals surface area contributed by atoms with Crippen molar-refractivity contribution in [3.05, 3.63) is 65.1 Å². The molecule has 0 bridgehead atoms.